The highest BCUT2D eigenvalue weighted by atomic mass is 16.5. The molecule has 4 atom stereocenters. The molecular weight excluding hydrogens is 374 g/mol. The van der Waals surface area contributed by atoms with Gasteiger partial charge in [0.25, 0.3) is 0 Å². The van der Waals surface area contributed by atoms with E-state index >= 15 is 0 Å². The molecule has 0 unspecified atom stereocenters. The van der Waals surface area contributed by atoms with Gasteiger partial charge in [-0.05, 0) is 18.1 Å². The van der Waals surface area contributed by atoms with Crippen molar-refractivity contribution in [2.24, 2.45) is 5.92 Å². The molecule has 1 aliphatic rings. The average Bonchev–Trinajstić information content (AvgIpc) is 3.20. The second kappa shape index (κ2) is 8.64. The summed E-state index contributed by atoms with van der Waals surface area (Å²) < 4.78 is 5.11. The van der Waals surface area contributed by atoms with Crippen LogP contribution >= 0.6 is 0 Å². The lowest BCUT2D eigenvalue weighted by Crippen LogP contribution is -2.36. The SMILES string of the molecule is COC(=O)[C@@H]1N[C@H](c2ccccc2)[C@H](C(=O)c2ccc(C)cc2)[C@@H]1c1ccccc1. The summed E-state index contributed by atoms with van der Waals surface area (Å²) in [6.07, 6.45) is 0. The van der Waals surface area contributed by atoms with Crippen molar-refractivity contribution in [2.75, 3.05) is 7.11 Å². The predicted octanol–water partition coefficient (Wildman–Crippen LogP) is 4.46. The van der Waals surface area contributed by atoms with Crippen LogP contribution in [0.5, 0.6) is 0 Å². The first-order valence-electron chi connectivity index (χ1n) is 10.1. The Morgan fingerprint density at radius 3 is 1.93 bits per heavy atom. The van der Waals surface area contributed by atoms with Gasteiger partial charge in [-0.25, -0.2) is 0 Å². The highest BCUT2D eigenvalue weighted by Gasteiger charge is 2.51. The third-order valence-corrected chi connectivity index (χ3v) is 5.90. The van der Waals surface area contributed by atoms with Gasteiger partial charge < -0.3 is 4.74 Å². The van der Waals surface area contributed by atoms with E-state index in [0.717, 1.165) is 16.7 Å². The molecule has 1 aliphatic heterocycles. The first kappa shape index (κ1) is 20.0. The third-order valence-electron chi connectivity index (χ3n) is 5.90. The molecule has 1 heterocycles. The lowest BCUT2D eigenvalue weighted by molar-refractivity contribution is -0.143. The number of ketones is 1. The van der Waals surface area contributed by atoms with Crippen LogP contribution in [0.3, 0.4) is 0 Å². The van der Waals surface area contributed by atoms with Crippen LogP contribution in [0.15, 0.2) is 84.9 Å². The van der Waals surface area contributed by atoms with Crippen molar-refractivity contribution in [3.63, 3.8) is 0 Å². The minimum Gasteiger partial charge on any atom is -0.468 e. The Labute approximate surface area is 176 Å². The molecule has 1 saturated heterocycles. The maximum Gasteiger partial charge on any atom is 0.323 e. The molecule has 0 aliphatic carbocycles. The van der Waals surface area contributed by atoms with Crippen LogP contribution in [0, 0.1) is 12.8 Å². The van der Waals surface area contributed by atoms with E-state index in [4.69, 9.17) is 4.74 Å². The maximum atomic E-state index is 13.8. The van der Waals surface area contributed by atoms with Crippen molar-refractivity contribution in [1.29, 1.82) is 0 Å². The van der Waals surface area contributed by atoms with Gasteiger partial charge in [0.05, 0.1) is 13.0 Å². The number of rotatable bonds is 5. The van der Waals surface area contributed by atoms with Crippen molar-refractivity contribution >= 4 is 11.8 Å². The number of ether oxygens (including phenoxy) is 1. The molecule has 0 radical (unpaired) electrons. The number of nitrogens with one attached hydrogen (secondary N) is 1. The largest absolute Gasteiger partial charge is 0.468 e. The summed E-state index contributed by atoms with van der Waals surface area (Å²) in [5.74, 6) is -1.11. The van der Waals surface area contributed by atoms with Gasteiger partial charge in [-0.15, -0.1) is 0 Å². The minimum atomic E-state index is -0.609. The lowest BCUT2D eigenvalue weighted by atomic mass is 9.76. The van der Waals surface area contributed by atoms with Crippen molar-refractivity contribution in [1.82, 2.24) is 5.32 Å². The van der Waals surface area contributed by atoms with Gasteiger partial charge in [-0.3, -0.25) is 14.9 Å². The van der Waals surface area contributed by atoms with Gasteiger partial charge in [0, 0.05) is 17.5 Å². The fourth-order valence-corrected chi connectivity index (χ4v) is 4.42. The van der Waals surface area contributed by atoms with Crippen LogP contribution in [0.1, 0.15) is 39.0 Å². The minimum absolute atomic E-state index is 0.0246. The monoisotopic (exact) mass is 399 g/mol. The Kier molecular flexibility index (Phi) is 5.77. The van der Waals surface area contributed by atoms with Crippen LogP contribution in [0.25, 0.3) is 0 Å². The standard InChI is InChI=1S/C26H25NO3/c1-17-13-15-20(16-14-17)25(28)22-21(18-9-5-3-6-10-18)24(26(29)30-2)27-23(22)19-11-7-4-8-12-19/h3-16,21-24,27H,1-2H3/t21-,22+,23+,24+/m0/s1. The van der Waals surface area contributed by atoms with Gasteiger partial charge in [0.1, 0.15) is 6.04 Å². The normalized spacial score (nSPS) is 23.1. The second-order valence-electron chi connectivity index (χ2n) is 7.75. The van der Waals surface area contributed by atoms with Crippen LogP contribution in [-0.4, -0.2) is 24.9 Å². The van der Waals surface area contributed by atoms with Crippen molar-refractivity contribution in [3.8, 4) is 0 Å². The quantitative estimate of drug-likeness (QED) is 0.508. The van der Waals surface area contributed by atoms with Gasteiger partial charge in [0.15, 0.2) is 5.78 Å². The first-order chi connectivity index (χ1) is 14.6. The molecule has 0 spiro atoms. The van der Waals surface area contributed by atoms with Crippen molar-refractivity contribution in [2.45, 2.75) is 24.9 Å². The highest BCUT2D eigenvalue weighted by Crippen LogP contribution is 2.45. The Balaban J connectivity index is 1.84. The van der Waals surface area contributed by atoms with Gasteiger partial charge in [-0.2, -0.15) is 0 Å². The molecule has 3 aromatic rings. The number of hydrogen-bond donors (Lipinski definition) is 1. The molecule has 0 amide bonds. The Morgan fingerprint density at radius 1 is 0.800 bits per heavy atom. The zero-order valence-electron chi connectivity index (χ0n) is 17.1. The molecule has 4 nitrogen and oxygen atoms in total. The van der Waals surface area contributed by atoms with E-state index in [1.165, 1.54) is 7.11 Å². The van der Waals surface area contributed by atoms with Gasteiger partial charge >= 0.3 is 5.97 Å². The molecule has 1 N–H and O–H groups in total. The highest BCUT2D eigenvalue weighted by molar-refractivity contribution is 6.00. The molecule has 30 heavy (non-hydrogen) atoms. The van der Waals surface area contributed by atoms with Crippen molar-refractivity contribution in [3.05, 3.63) is 107 Å². The lowest BCUT2D eigenvalue weighted by Gasteiger charge is -2.25. The summed E-state index contributed by atoms with van der Waals surface area (Å²) in [4.78, 5) is 26.5. The Hall–Kier alpha value is -3.24. The summed E-state index contributed by atoms with van der Waals surface area (Å²) in [5, 5.41) is 3.42. The molecule has 4 heteroatoms. The van der Waals surface area contributed by atoms with E-state index in [1.807, 2.05) is 91.9 Å². The smallest absolute Gasteiger partial charge is 0.323 e. The fraction of sp³-hybridized carbons (Fsp3) is 0.231. The summed E-state index contributed by atoms with van der Waals surface area (Å²) in [6.45, 7) is 2.00. The van der Waals surface area contributed by atoms with Gasteiger partial charge in [-0.1, -0.05) is 90.5 Å². The zero-order chi connectivity index (χ0) is 21.1. The van der Waals surface area contributed by atoms with Crippen LogP contribution in [0.4, 0.5) is 0 Å². The fourth-order valence-electron chi connectivity index (χ4n) is 4.42. The molecule has 1 fully saturated rings. The number of esters is 1. The topological polar surface area (TPSA) is 55.4 Å². The number of aryl methyl sites for hydroxylation is 1. The maximum absolute atomic E-state index is 13.8. The average molecular weight is 399 g/mol. The summed E-state index contributed by atoms with van der Waals surface area (Å²) in [6, 6.07) is 26.3. The van der Waals surface area contributed by atoms with Crippen LogP contribution < -0.4 is 5.32 Å². The number of carbonyl (C=O) groups is 2. The number of benzene rings is 3. The zero-order valence-corrected chi connectivity index (χ0v) is 17.1. The molecule has 3 aromatic carbocycles. The van der Waals surface area contributed by atoms with E-state index in [9.17, 15) is 9.59 Å². The molecule has 0 aromatic heterocycles. The second-order valence-corrected chi connectivity index (χ2v) is 7.75. The van der Waals surface area contributed by atoms with E-state index in [2.05, 4.69) is 5.32 Å². The van der Waals surface area contributed by atoms with Gasteiger partial charge in [0.2, 0.25) is 0 Å². The van der Waals surface area contributed by atoms with E-state index < -0.39 is 12.0 Å². The molecular formula is C26H25NO3. The Morgan fingerprint density at radius 2 is 1.37 bits per heavy atom. The van der Waals surface area contributed by atoms with Crippen LogP contribution in [0.2, 0.25) is 0 Å². The number of hydrogen-bond acceptors (Lipinski definition) is 4. The van der Waals surface area contributed by atoms with E-state index in [0.29, 0.717) is 5.56 Å². The summed E-state index contributed by atoms with van der Waals surface area (Å²) in [5.41, 5.74) is 3.68. The van der Waals surface area contributed by atoms with Crippen molar-refractivity contribution < 1.29 is 14.3 Å². The molecule has 4 rings (SSSR count). The molecule has 0 bridgehead atoms. The summed E-state index contributed by atoms with van der Waals surface area (Å²) >= 11 is 0. The van der Waals surface area contributed by atoms with E-state index in [-0.39, 0.29) is 23.7 Å². The van der Waals surface area contributed by atoms with E-state index in [1.54, 1.807) is 0 Å². The number of carbonyl (C=O) groups excluding carboxylic acids is 2. The molecule has 0 saturated carbocycles. The summed E-state index contributed by atoms with van der Waals surface area (Å²) in [7, 11) is 1.39. The number of Topliss-reactive ketones (excluding diaryl/α,β-unsaturated/α-hetero) is 1. The number of methoxy groups -OCH3 is 1. The predicted molar refractivity (Wildman–Crippen MR) is 116 cm³/mol. The first-order valence-corrected chi connectivity index (χ1v) is 10.1. The Bertz CT molecular complexity index is 1020. The molecule has 152 valence electrons. The third kappa shape index (κ3) is 3.79. The van der Waals surface area contributed by atoms with Crippen LogP contribution in [-0.2, 0) is 9.53 Å².